The van der Waals surface area contributed by atoms with Gasteiger partial charge >= 0.3 is 0 Å². The lowest BCUT2D eigenvalue weighted by atomic mass is 10.2. The van der Waals surface area contributed by atoms with Crippen molar-refractivity contribution < 1.29 is 23.8 Å². The zero-order chi connectivity index (χ0) is 16.9. The number of aliphatic hydroxyl groups excluding tert-OH is 1. The molecule has 7 nitrogen and oxygen atoms in total. The van der Waals surface area contributed by atoms with Crippen LogP contribution in [0.25, 0.3) is 0 Å². The van der Waals surface area contributed by atoms with Crippen molar-refractivity contribution >= 4 is 0 Å². The molecule has 0 aliphatic carbocycles. The van der Waals surface area contributed by atoms with Gasteiger partial charge in [0, 0.05) is 19.2 Å². The van der Waals surface area contributed by atoms with Crippen molar-refractivity contribution in [3.05, 3.63) is 41.3 Å². The maximum atomic E-state index is 10.1. The maximum Gasteiger partial charge on any atom is 0.231 e. The molecule has 1 atom stereocenters. The molecule has 1 unspecified atom stereocenters. The molecule has 0 saturated heterocycles. The third-order valence-corrected chi connectivity index (χ3v) is 3.65. The van der Waals surface area contributed by atoms with E-state index in [0.717, 1.165) is 28.5 Å². The molecule has 1 N–H and O–H groups in total. The Morgan fingerprint density at radius 2 is 2.12 bits per heavy atom. The molecule has 0 amide bonds. The van der Waals surface area contributed by atoms with Crippen LogP contribution in [0.2, 0.25) is 0 Å². The van der Waals surface area contributed by atoms with Crippen molar-refractivity contribution in [2.24, 2.45) is 0 Å². The van der Waals surface area contributed by atoms with Crippen LogP contribution in [-0.4, -0.2) is 48.3 Å². The highest BCUT2D eigenvalue weighted by Gasteiger charge is 2.14. The van der Waals surface area contributed by atoms with Crippen LogP contribution < -0.4 is 9.47 Å². The van der Waals surface area contributed by atoms with Gasteiger partial charge in [0.1, 0.15) is 5.76 Å². The van der Waals surface area contributed by atoms with E-state index in [4.69, 9.17) is 18.7 Å². The van der Waals surface area contributed by atoms with E-state index >= 15 is 0 Å². The van der Waals surface area contributed by atoms with Crippen molar-refractivity contribution in [2.75, 3.05) is 27.0 Å². The molecule has 0 radical (unpaired) electrons. The van der Waals surface area contributed by atoms with Crippen molar-refractivity contribution in [2.45, 2.75) is 26.2 Å². The lowest BCUT2D eigenvalue weighted by molar-refractivity contribution is 0.0124. The zero-order valence-electron chi connectivity index (χ0n) is 13.9. The monoisotopic (exact) mass is 334 g/mol. The molecule has 130 valence electrons. The SMILES string of the molecule is Cc1cc(CN(C)CC(O)COCc2ccc3c(c2)OCO3)no1. The second-order valence-corrected chi connectivity index (χ2v) is 5.98. The predicted octanol–water partition coefficient (Wildman–Crippen LogP) is 1.72. The van der Waals surface area contributed by atoms with Gasteiger partial charge in [0.2, 0.25) is 6.79 Å². The van der Waals surface area contributed by atoms with Crippen molar-refractivity contribution in [1.82, 2.24) is 10.1 Å². The Morgan fingerprint density at radius 1 is 1.29 bits per heavy atom. The minimum absolute atomic E-state index is 0.260. The van der Waals surface area contributed by atoms with E-state index in [-0.39, 0.29) is 13.4 Å². The van der Waals surface area contributed by atoms with Gasteiger partial charge in [-0.2, -0.15) is 0 Å². The van der Waals surface area contributed by atoms with Crippen LogP contribution in [0.1, 0.15) is 17.0 Å². The Hall–Kier alpha value is -2.09. The molecular formula is C17H22N2O5. The molecule has 0 spiro atoms. The van der Waals surface area contributed by atoms with Gasteiger partial charge in [0.25, 0.3) is 0 Å². The normalized spacial score (nSPS) is 14.3. The number of aromatic nitrogens is 1. The highest BCUT2D eigenvalue weighted by molar-refractivity contribution is 5.44. The minimum Gasteiger partial charge on any atom is -0.454 e. The second-order valence-electron chi connectivity index (χ2n) is 5.98. The number of aryl methyl sites for hydroxylation is 1. The number of ether oxygens (including phenoxy) is 3. The van der Waals surface area contributed by atoms with Crippen LogP contribution in [0.15, 0.2) is 28.8 Å². The Kier molecular flexibility index (Phi) is 5.34. The molecule has 3 rings (SSSR count). The first-order valence-corrected chi connectivity index (χ1v) is 7.85. The molecule has 0 bridgehead atoms. The Labute approximate surface area is 140 Å². The van der Waals surface area contributed by atoms with E-state index in [1.807, 2.05) is 43.1 Å². The minimum atomic E-state index is -0.572. The summed E-state index contributed by atoms with van der Waals surface area (Å²) in [6.45, 7) is 3.91. The van der Waals surface area contributed by atoms with Crippen LogP contribution in [0.5, 0.6) is 11.5 Å². The molecule has 0 fully saturated rings. The van der Waals surface area contributed by atoms with Crippen LogP contribution in [0.4, 0.5) is 0 Å². The fraction of sp³-hybridized carbons (Fsp3) is 0.471. The Balaban J connectivity index is 1.38. The van der Waals surface area contributed by atoms with Gasteiger partial charge in [-0.3, -0.25) is 4.90 Å². The molecule has 1 aromatic carbocycles. The Bertz CT molecular complexity index is 673. The summed E-state index contributed by atoms with van der Waals surface area (Å²) in [5.74, 6) is 2.27. The number of aliphatic hydroxyl groups is 1. The third-order valence-electron chi connectivity index (χ3n) is 3.65. The van der Waals surface area contributed by atoms with Crippen molar-refractivity contribution in [3.63, 3.8) is 0 Å². The molecule has 2 aromatic rings. The molecule has 7 heteroatoms. The van der Waals surface area contributed by atoms with Gasteiger partial charge < -0.3 is 23.8 Å². The Morgan fingerprint density at radius 3 is 2.92 bits per heavy atom. The first-order valence-electron chi connectivity index (χ1n) is 7.85. The molecule has 0 saturated carbocycles. The summed E-state index contributed by atoms with van der Waals surface area (Å²) in [5.41, 5.74) is 1.83. The standard InChI is InChI=1S/C17H22N2O5/c1-12-5-14(18-24-12)7-19(2)8-15(20)10-21-9-13-3-4-16-17(6-13)23-11-22-16/h3-6,15,20H,7-11H2,1-2H3. The first kappa shape index (κ1) is 16.8. The number of rotatable bonds is 8. The topological polar surface area (TPSA) is 77.2 Å². The van der Waals surface area contributed by atoms with Crippen LogP contribution in [0, 0.1) is 6.92 Å². The highest BCUT2D eigenvalue weighted by Crippen LogP contribution is 2.32. The summed E-state index contributed by atoms with van der Waals surface area (Å²) >= 11 is 0. The van der Waals surface area contributed by atoms with E-state index in [0.29, 0.717) is 19.7 Å². The molecule has 2 heterocycles. The van der Waals surface area contributed by atoms with Crippen LogP contribution >= 0.6 is 0 Å². The number of hydrogen-bond donors (Lipinski definition) is 1. The zero-order valence-corrected chi connectivity index (χ0v) is 13.9. The predicted molar refractivity (Wildman–Crippen MR) is 85.8 cm³/mol. The summed E-state index contributed by atoms with van der Waals surface area (Å²) in [6.07, 6.45) is -0.572. The fourth-order valence-electron chi connectivity index (χ4n) is 2.59. The number of benzene rings is 1. The maximum absolute atomic E-state index is 10.1. The molecule has 24 heavy (non-hydrogen) atoms. The van der Waals surface area contributed by atoms with E-state index < -0.39 is 6.10 Å². The summed E-state index contributed by atoms with van der Waals surface area (Å²) in [5, 5.41) is 14.0. The van der Waals surface area contributed by atoms with E-state index in [1.54, 1.807) is 0 Å². The summed E-state index contributed by atoms with van der Waals surface area (Å²) in [7, 11) is 1.92. The largest absolute Gasteiger partial charge is 0.454 e. The quantitative estimate of drug-likeness (QED) is 0.787. The molecule has 1 aliphatic heterocycles. The van der Waals surface area contributed by atoms with Crippen molar-refractivity contribution in [3.8, 4) is 11.5 Å². The summed E-state index contributed by atoms with van der Waals surface area (Å²) in [4.78, 5) is 1.98. The molecular weight excluding hydrogens is 312 g/mol. The van der Waals surface area contributed by atoms with Crippen LogP contribution in [0.3, 0.4) is 0 Å². The highest BCUT2D eigenvalue weighted by atomic mass is 16.7. The van der Waals surface area contributed by atoms with Crippen LogP contribution in [-0.2, 0) is 17.9 Å². The third kappa shape index (κ3) is 4.47. The van der Waals surface area contributed by atoms with Gasteiger partial charge in [-0.1, -0.05) is 11.2 Å². The second kappa shape index (κ2) is 7.65. The van der Waals surface area contributed by atoms with Crippen molar-refractivity contribution in [1.29, 1.82) is 0 Å². The number of fused-ring (bicyclic) bond motifs is 1. The van der Waals surface area contributed by atoms with Gasteiger partial charge in [-0.15, -0.1) is 0 Å². The lowest BCUT2D eigenvalue weighted by Gasteiger charge is -2.19. The van der Waals surface area contributed by atoms with Gasteiger partial charge in [0.05, 0.1) is 25.0 Å². The smallest absolute Gasteiger partial charge is 0.231 e. The number of hydrogen-bond acceptors (Lipinski definition) is 7. The average molecular weight is 334 g/mol. The van der Waals surface area contributed by atoms with Gasteiger partial charge in [0.15, 0.2) is 11.5 Å². The van der Waals surface area contributed by atoms with E-state index in [1.165, 1.54) is 0 Å². The molecule has 1 aromatic heterocycles. The summed E-state index contributed by atoms with van der Waals surface area (Å²) < 4.78 is 21.2. The van der Waals surface area contributed by atoms with E-state index in [9.17, 15) is 5.11 Å². The number of nitrogens with zero attached hydrogens (tertiary/aromatic N) is 2. The van der Waals surface area contributed by atoms with E-state index in [2.05, 4.69) is 5.16 Å². The number of likely N-dealkylation sites (N-methyl/N-ethyl adjacent to an activating group) is 1. The van der Waals surface area contributed by atoms with Gasteiger partial charge in [-0.05, 0) is 31.7 Å². The molecule has 1 aliphatic rings. The summed E-state index contributed by atoms with van der Waals surface area (Å²) in [6, 6.07) is 7.58. The van der Waals surface area contributed by atoms with Gasteiger partial charge in [-0.25, -0.2) is 0 Å². The fourth-order valence-corrected chi connectivity index (χ4v) is 2.59. The first-order chi connectivity index (χ1) is 11.6. The average Bonchev–Trinajstić information content (AvgIpc) is 3.15. The lowest BCUT2D eigenvalue weighted by Crippen LogP contribution is -2.31.